The molecule has 1 fully saturated rings. The van der Waals surface area contributed by atoms with E-state index >= 15 is 0 Å². The average molecular weight is 198 g/mol. The molecule has 0 aliphatic carbocycles. The Bertz CT molecular complexity index is 126. The summed E-state index contributed by atoms with van der Waals surface area (Å²) in [7, 11) is 0. The summed E-state index contributed by atoms with van der Waals surface area (Å²) in [6.45, 7) is 6.93. The number of hydrogen-bond donors (Lipinski definition) is 2. The lowest BCUT2D eigenvalue weighted by Crippen LogP contribution is -2.44. The molecule has 1 rings (SSSR count). The van der Waals surface area contributed by atoms with Crippen LogP contribution in [-0.2, 0) is 0 Å². The normalized spacial score (nSPS) is 24.9. The number of piperidine rings is 1. The van der Waals surface area contributed by atoms with E-state index in [4.69, 9.17) is 0 Å². The van der Waals surface area contributed by atoms with Gasteiger partial charge in [-0.25, -0.2) is 0 Å². The molecule has 1 heterocycles. The van der Waals surface area contributed by atoms with Crippen LogP contribution in [0.15, 0.2) is 0 Å². The van der Waals surface area contributed by atoms with E-state index in [2.05, 4.69) is 24.5 Å². The molecule has 2 atom stereocenters. The van der Waals surface area contributed by atoms with E-state index in [9.17, 15) is 0 Å². The molecular weight excluding hydrogens is 172 g/mol. The maximum Gasteiger partial charge on any atom is 0.0192 e. The van der Waals surface area contributed by atoms with Crippen LogP contribution in [0.4, 0.5) is 0 Å². The first-order valence-electron chi connectivity index (χ1n) is 6.33. The Morgan fingerprint density at radius 3 is 2.79 bits per heavy atom. The average Bonchev–Trinajstić information content (AvgIpc) is 2.25. The fourth-order valence-electron chi connectivity index (χ4n) is 2.21. The van der Waals surface area contributed by atoms with Gasteiger partial charge in [-0.05, 0) is 32.2 Å². The highest BCUT2D eigenvalue weighted by molar-refractivity contribution is 4.76. The van der Waals surface area contributed by atoms with Crippen molar-refractivity contribution in [3.63, 3.8) is 0 Å². The number of hydrogen-bond acceptors (Lipinski definition) is 2. The van der Waals surface area contributed by atoms with Gasteiger partial charge in [0.25, 0.3) is 0 Å². The van der Waals surface area contributed by atoms with Gasteiger partial charge in [-0.3, -0.25) is 0 Å². The maximum atomic E-state index is 3.68. The number of rotatable bonds is 6. The smallest absolute Gasteiger partial charge is 0.0192 e. The van der Waals surface area contributed by atoms with Gasteiger partial charge in [0.05, 0.1) is 0 Å². The Labute approximate surface area is 88.8 Å². The summed E-state index contributed by atoms with van der Waals surface area (Å²) in [5, 5.41) is 7.26. The van der Waals surface area contributed by atoms with E-state index in [1.807, 2.05) is 0 Å². The number of nitrogens with one attached hydrogen (secondary N) is 2. The quantitative estimate of drug-likeness (QED) is 0.684. The lowest BCUT2D eigenvalue weighted by molar-refractivity contribution is 0.355. The first kappa shape index (κ1) is 12.0. The lowest BCUT2D eigenvalue weighted by atomic mass is 10.0. The molecule has 0 aromatic rings. The molecule has 0 amide bonds. The van der Waals surface area contributed by atoms with Gasteiger partial charge in [-0.2, -0.15) is 0 Å². The predicted octanol–water partition coefficient (Wildman–Crippen LogP) is 2.30. The van der Waals surface area contributed by atoms with Gasteiger partial charge >= 0.3 is 0 Å². The Morgan fingerprint density at radius 1 is 1.36 bits per heavy atom. The van der Waals surface area contributed by atoms with E-state index in [0.717, 1.165) is 12.1 Å². The van der Waals surface area contributed by atoms with E-state index in [0.29, 0.717) is 0 Å². The van der Waals surface area contributed by atoms with Gasteiger partial charge in [-0.1, -0.05) is 26.7 Å². The minimum atomic E-state index is 0.731. The zero-order valence-electron chi connectivity index (χ0n) is 9.81. The zero-order valence-corrected chi connectivity index (χ0v) is 9.81. The third kappa shape index (κ3) is 4.43. The van der Waals surface area contributed by atoms with E-state index in [-0.39, 0.29) is 0 Å². The van der Waals surface area contributed by atoms with Crippen LogP contribution in [0.1, 0.15) is 52.4 Å². The van der Waals surface area contributed by atoms with Gasteiger partial charge in [0.15, 0.2) is 0 Å². The second-order valence-electron chi connectivity index (χ2n) is 4.45. The fourth-order valence-corrected chi connectivity index (χ4v) is 2.21. The van der Waals surface area contributed by atoms with Crippen molar-refractivity contribution in [2.24, 2.45) is 0 Å². The lowest BCUT2D eigenvalue weighted by Gasteiger charge is -2.26. The van der Waals surface area contributed by atoms with Gasteiger partial charge < -0.3 is 10.6 Å². The van der Waals surface area contributed by atoms with Crippen LogP contribution in [-0.4, -0.2) is 25.2 Å². The van der Waals surface area contributed by atoms with E-state index < -0.39 is 0 Å². The summed E-state index contributed by atoms with van der Waals surface area (Å²) >= 11 is 0. The SMILES string of the molecule is CCCC(CC)NCC1CCCCN1. The third-order valence-corrected chi connectivity index (χ3v) is 3.20. The van der Waals surface area contributed by atoms with Crippen LogP contribution in [0.25, 0.3) is 0 Å². The van der Waals surface area contributed by atoms with Crippen LogP contribution in [0.3, 0.4) is 0 Å². The molecule has 0 saturated carbocycles. The summed E-state index contributed by atoms with van der Waals surface area (Å²) in [4.78, 5) is 0. The largest absolute Gasteiger partial charge is 0.313 e. The minimum Gasteiger partial charge on any atom is -0.313 e. The molecule has 2 heteroatoms. The van der Waals surface area contributed by atoms with Crippen molar-refractivity contribution >= 4 is 0 Å². The molecule has 0 aromatic heterocycles. The molecule has 0 bridgehead atoms. The Kier molecular flexibility index (Phi) is 6.20. The van der Waals surface area contributed by atoms with Crippen LogP contribution in [0.5, 0.6) is 0 Å². The monoisotopic (exact) mass is 198 g/mol. The van der Waals surface area contributed by atoms with Crippen LogP contribution in [0, 0.1) is 0 Å². The molecule has 84 valence electrons. The second-order valence-corrected chi connectivity index (χ2v) is 4.45. The predicted molar refractivity (Wildman–Crippen MR) is 62.6 cm³/mol. The molecule has 0 radical (unpaired) electrons. The first-order valence-corrected chi connectivity index (χ1v) is 6.33. The Balaban J connectivity index is 2.10. The van der Waals surface area contributed by atoms with Gasteiger partial charge in [0.2, 0.25) is 0 Å². The fraction of sp³-hybridized carbons (Fsp3) is 1.00. The summed E-state index contributed by atoms with van der Waals surface area (Å²) in [5.74, 6) is 0. The molecule has 2 unspecified atom stereocenters. The van der Waals surface area contributed by atoms with Crippen molar-refractivity contribution in [3.8, 4) is 0 Å². The van der Waals surface area contributed by atoms with Crippen molar-refractivity contribution in [1.29, 1.82) is 0 Å². The van der Waals surface area contributed by atoms with Crippen molar-refractivity contribution in [1.82, 2.24) is 10.6 Å². The maximum absolute atomic E-state index is 3.68. The molecule has 1 aliphatic rings. The molecular formula is C12H26N2. The summed E-state index contributed by atoms with van der Waals surface area (Å²) in [5.41, 5.74) is 0. The van der Waals surface area contributed by atoms with Crippen LogP contribution < -0.4 is 10.6 Å². The third-order valence-electron chi connectivity index (χ3n) is 3.20. The highest BCUT2D eigenvalue weighted by atomic mass is 15.0. The molecule has 14 heavy (non-hydrogen) atoms. The highest BCUT2D eigenvalue weighted by Crippen LogP contribution is 2.07. The van der Waals surface area contributed by atoms with Gasteiger partial charge in [0, 0.05) is 18.6 Å². The van der Waals surface area contributed by atoms with Crippen molar-refractivity contribution < 1.29 is 0 Å². The van der Waals surface area contributed by atoms with Crippen LogP contribution >= 0.6 is 0 Å². The van der Waals surface area contributed by atoms with Crippen LogP contribution in [0.2, 0.25) is 0 Å². The molecule has 2 N–H and O–H groups in total. The summed E-state index contributed by atoms with van der Waals surface area (Å²) in [6.07, 6.45) is 8.01. The Hall–Kier alpha value is -0.0800. The van der Waals surface area contributed by atoms with Crippen molar-refractivity contribution in [3.05, 3.63) is 0 Å². The minimum absolute atomic E-state index is 0.731. The van der Waals surface area contributed by atoms with E-state index in [1.54, 1.807) is 0 Å². The topological polar surface area (TPSA) is 24.1 Å². The first-order chi connectivity index (χ1) is 6.86. The zero-order chi connectivity index (χ0) is 10.2. The van der Waals surface area contributed by atoms with Gasteiger partial charge in [0.1, 0.15) is 0 Å². The van der Waals surface area contributed by atoms with Crippen molar-refractivity contribution in [2.45, 2.75) is 64.5 Å². The van der Waals surface area contributed by atoms with Crippen molar-refractivity contribution in [2.75, 3.05) is 13.1 Å². The molecule has 1 saturated heterocycles. The Morgan fingerprint density at radius 2 is 2.21 bits per heavy atom. The molecule has 2 nitrogen and oxygen atoms in total. The van der Waals surface area contributed by atoms with Gasteiger partial charge in [-0.15, -0.1) is 0 Å². The van der Waals surface area contributed by atoms with E-state index in [1.165, 1.54) is 51.6 Å². The molecule has 0 aromatic carbocycles. The standard InChI is InChI=1S/C12H26N2/c1-3-7-11(4-2)14-10-12-8-5-6-9-13-12/h11-14H,3-10H2,1-2H3. The second kappa shape index (κ2) is 7.24. The molecule has 0 spiro atoms. The summed E-state index contributed by atoms with van der Waals surface area (Å²) < 4.78 is 0. The molecule has 1 aliphatic heterocycles. The summed E-state index contributed by atoms with van der Waals surface area (Å²) in [6, 6.07) is 1.47. The highest BCUT2D eigenvalue weighted by Gasteiger charge is 2.13.